The maximum absolute atomic E-state index is 10.9. The number of carbonyl (C=O) groups is 1. The van der Waals surface area contributed by atoms with Gasteiger partial charge in [0.25, 0.3) is 0 Å². The second-order valence-electron chi connectivity index (χ2n) is 5.06. The molecule has 0 aliphatic carbocycles. The lowest BCUT2D eigenvalue weighted by atomic mass is 10.2. The van der Waals surface area contributed by atoms with E-state index in [2.05, 4.69) is 10.3 Å². The highest BCUT2D eigenvalue weighted by atomic mass is 16.5. The van der Waals surface area contributed by atoms with Crippen molar-refractivity contribution < 1.29 is 14.3 Å². The van der Waals surface area contributed by atoms with Crippen LogP contribution in [0.1, 0.15) is 19.4 Å². The van der Waals surface area contributed by atoms with E-state index in [1.165, 1.54) is 6.92 Å². The molecule has 0 radical (unpaired) electrons. The number of nitrogens with one attached hydrogen (secondary N) is 1. The van der Waals surface area contributed by atoms with E-state index < -0.39 is 0 Å². The number of pyridine rings is 1. The van der Waals surface area contributed by atoms with Crippen LogP contribution in [0, 0.1) is 0 Å². The Hall–Kier alpha value is -2.82. The Morgan fingerprint density at radius 3 is 2.70 bits per heavy atom. The molecule has 0 saturated carbocycles. The number of carbonyl (C=O) groups excluding carboxylic acids is 1. The van der Waals surface area contributed by atoms with Crippen LogP contribution in [0.5, 0.6) is 17.4 Å². The summed E-state index contributed by atoms with van der Waals surface area (Å²) in [4.78, 5) is 15.2. The molecule has 1 amide bonds. The summed E-state index contributed by atoms with van der Waals surface area (Å²) in [7, 11) is 1.61. The Labute approximate surface area is 136 Å². The zero-order chi connectivity index (χ0) is 16.7. The van der Waals surface area contributed by atoms with Crippen molar-refractivity contribution in [2.75, 3.05) is 7.11 Å². The summed E-state index contributed by atoms with van der Waals surface area (Å²) in [5, 5.41) is 2.79. The minimum absolute atomic E-state index is 0.0276. The third-order valence-electron chi connectivity index (χ3n) is 3.03. The van der Waals surface area contributed by atoms with Crippen LogP contribution in [0.3, 0.4) is 0 Å². The lowest BCUT2D eigenvalue weighted by Gasteiger charge is -2.07. The third-order valence-corrected chi connectivity index (χ3v) is 3.03. The van der Waals surface area contributed by atoms with E-state index in [4.69, 9.17) is 9.47 Å². The number of rotatable bonds is 6. The molecule has 0 spiro atoms. The van der Waals surface area contributed by atoms with E-state index in [0.29, 0.717) is 11.6 Å². The first-order valence-electron chi connectivity index (χ1n) is 7.30. The molecule has 0 bridgehead atoms. The maximum Gasteiger partial charge on any atom is 0.219 e. The van der Waals surface area contributed by atoms with E-state index in [9.17, 15) is 4.79 Å². The highest BCUT2D eigenvalue weighted by Gasteiger charge is 2.01. The summed E-state index contributed by atoms with van der Waals surface area (Å²) < 4.78 is 10.8. The molecule has 1 aromatic heterocycles. The molecule has 1 atom stereocenters. The lowest BCUT2D eigenvalue weighted by molar-refractivity contribution is -0.119. The summed E-state index contributed by atoms with van der Waals surface area (Å²) in [6, 6.07) is 11.0. The SMILES string of the molecule is COc1cccc(Oc2ccc(/C=C/[C@H](C)NC(C)=O)cn2)c1. The summed E-state index contributed by atoms with van der Waals surface area (Å²) >= 11 is 0. The largest absolute Gasteiger partial charge is 0.497 e. The third kappa shape index (κ3) is 5.47. The summed E-state index contributed by atoms with van der Waals surface area (Å²) in [6.45, 7) is 3.40. The van der Waals surface area contributed by atoms with Gasteiger partial charge in [0.2, 0.25) is 11.8 Å². The van der Waals surface area contributed by atoms with E-state index in [1.54, 1.807) is 25.4 Å². The van der Waals surface area contributed by atoms with E-state index in [1.807, 2.05) is 43.3 Å². The molecule has 1 N–H and O–H groups in total. The first-order valence-corrected chi connectivity index (χ1v) is 7.30. The molecule has 120 valence electrons. The number of methoxy groups -OCH3 is 1. The summed E-state index contributed by atoms with van der Waals surface area (Å²) in [6.07, 6.45) is 5.52. The Kier molecular flexibility index (Phi) is 5.74. The van der Waals surface area contributed by atoms with Crippen molar-refractivity contribution in [3.8, 4) is 17.4 Å². The monoisotopic (exact) mass is 312 g/mol. The number of hydrogen-bond donors (Lipinski definition) is 1. The van der Waals surface area contributed by atoms with E-state index in [0.717, 1.165) is 11.3 Å². The van der Waals surface area contributed by atoms with E-state index >= 15 is 0 Å². The van der Waals surface area contributed by atoms with Gasteiger partial charge >= 0.3 is 0 Å². The predicted molar refractivity (Wildman–Crippen MR) is 89.6 cm³/mol. The summed E-state index contributed by atoms with van der Waals surface area (Å²) in [5.41, 5.74) is 0.931. The van der Waals surface area contributed by atoms with Gasteiger partial charge in [-0.2, -0.15) is 0 Å². The molecular formula is C18H20N2O3. The van der Waals surface area contributed by atoms with Gasteiger partial charge in [-0.1, -0.05) is 18.2 Å². The Balaban J connectivity index is 1.99. The smallest absolute Gasteiger partial charge is 0.219 e. The van der Waals surface area contributed by atoms with Gasteiger partial charge in [0.05, 0.1) is 7.11 Å². The Morgan fingerprint density at radius 1 is 1.26 bits per heavy atom. The number of ether oxygens (including phenoxy) is 2. The fourth-order valence-electron chi connectivity index (χ4n) is 1.96. The first kappa shape index (κ1) is 16.5. The van der Waals surface area contributed by atoms with Crippen LogP contribution in [-0.4, -0.2) is 24.0 Å². The zero-order valence-corrected chi connectivity index (χ0v) is 13.4. The van der Waals surface area contributed by atoms with Crippen LogP contribution < -0.4 is 14.8 Å². The Bertz CT molecular complexity index is 681. The molecular weight excluding hydrogens is 292 g/mol. The molecule has 0 saturated heterocycles. The highest BCUT2D eigenvalue weighted by Crippen LogP contribution is 2.23. The van der Waals surface area contributed by atoms with Crippen LogP contribution >= 0.6 is 0 Å². The molecule has 5 heteroatoms. The molecule has 0 aliphatic heterocycles. The second-order valence-corrected chi connectivity index (χ2v) is 5.06. The van der Waals surface area contributed by atoms with Gasteiger partial charge in [-0.3, -0.25) is 4.79 Å². The van der Waals surface area contributed by atoms with Gasteiger partial charge in [0.15, 0.2) is 0 Å². The Morgan fingerprint density at radius 2 is 2.04 bits per heavy atom. The predicted octanol–water partition coefficient (Wildman–Crippen LogP) is 3.42. The maximum atomic E-state index is 10.9. The average Bonchev–Trinajstić information content (AvgIpc) is 2.54. The van der Waals surface area contributed by atoms with E-state index in [-0.39, 0.29) is 11.9 Å². The molecule has 0 aliphatic rings. The van der Waals surface area contributed by atoms with Crippen molar-refractivity contribution in [3.63, 3.8) is 0 Å². The number of hydrogen-bond acceptors (Lipinski definition) is 4. The molecule has 5 nitrogen and oxygen atoms in total. The molecule has 0 fully saturated rings. The fraction of sp³-hybridized carbons (Fsp3) is 0.222. The number of benzene rings is 1. The zero-order valence-electron chi connectivity index (χ0n) is 13.4. The topological polar surface area (TPSA) is 60.5 Å². The second kappa shape index (κ2) is 7.98. The van der Waals surface area contributed by atoms with Crippen molar-refractivity contribution in [3.05, 3.63) is 54.2 Å². The van der Waals surface area contributed by atoms with Gasteiger partial charge in [0, 0.05) is 31.3 Å². The van der Waals surface area contributed by atoms with Crippen LogP contribution in [0.2, 0.25) is 0 Å². The van der Waals surface area contributed by atoms with Gasteiger partial charge in [-0.15, -0.1) is 0 Å². The van der Waals surface area contributed by atoms with Crippen LogP contribution in [-0.2, 0) is 4.79 Å². The lowest BCUT2D eigenvalue weighted by Crippen LogP contribution is -2.28. The molecule has 2 rings (SSSR count). The fourth-order valence-corrected chi connectivity index (χ4v) is 1.96. The number of nitrogens with zero attached hydrogens (tertiary/aromatic N) is 1. The first-order chi connectivity index (χ1) is 11.1. The number of aromatic nitrogens is 1. The van der Waals surface area contributed by atoms with Gasteiger partial charge in [0.1, 0.15) is 11.5 Å². The molecule has 1 aromatic carbocycles. The van der Waals surface area contributed by atoms with Gasteiger partial charge in [-0.25, -0.2) is 4.98 Å². The van der Waals surface area contributed by atoms with Crippen LogP contribution in [0.4, 0.5) is 0 Å². The normalized spacial score (nSPS) is 12.0. The summed E-state index contributed by atoms with van der Waals surface area (Å²) in [5.74, 6) is 1.85. The average molecular weight is 312 g/mol. The number of amides is 1. The molecule has 1 heterocycles. The van der Waals surface area contributed by atoms with Crippen molar-refractivity contribution in [2.45, 2.75) is 19.9 Å². The van der Waals surface area contributed by atoms with Crippen LogP contribution in [0.15, 0.2) is 48.7 Å². The van der Waals surface area contributed by atoms with Crippen molar-refractivity contribution in [1.29, 1.82) is 0 Å². The highest BCUT2D eigenvalue weighted by molar-refractivity contribution is 5.73. The van der Waals surface area contributed by atoms with Gasteiger partial charge < -0.3 is 14.8 Å². The quantitative estimate of drug-likeness (QED) is 0.888. The standard InChI is InChI=1S/C18H20N2O3/c1-13(20-14(2)21)7-8-15-9-10-18(19-12-15)23-17-6-4-5-16(11-17)22-3/h4-13H,1-3H3,(H,20,21)/b8-7+/t13-/m0/s1. The van der Waals surface area contributed by atoms with Crippen LogP contribution in [0.25, 0.3) is 6.08 Å². The van der Waals surface area contributed by atoms with Gasteiger partial charge in [-0.05, 0) is 30.7 Å². The van der Waals surface area contributed by atoms with Crippen molar-refractivity contribution in [2.24, 2.45) is 0 Å². The van der Waals surface area contributed by atoms with Crippen molar-refractivity contribution >= 4 is 12.0 Å². The molecule has 2 aromatic rings. The molecule has 0 unspecified atom stereocenters. The minimum Gasteiger partial charge on any atom is -0.497 e. The van der Waals surface area contributed by atoms with Crippen molar-refractivity contribution in [1.82, 2.24) is 10.3 Å². The molecule has 23 heavy (non-hydrogen) atoms. The minimum atomic E-state index is -0.0534.